The predicted molar refractivity (Wildman–Crippen MR) is 86.1 cm³/mol. The number of benzene rings is 1. The van der Waals surface area contributed by atoms with E-state index in [0.717, 1.165) is 15.8 Å². The molecule has 1 aliphatic heterocycles. The van der Waals surface area contributed by atoms with Gasteiger partial charge in [0, 0.05) is 10.0 Å². The number of likely N-dealkylation sites (tertiary alicyclic amines) is 1. The summed E-state index contributed by atoms with van der Waals surface area (Å²) in [7, 11) is 0. The fourth-order valence-electron chi connectivity index (χ4n) is 2.33. The lowest BCUT2D eigenvalue weighted by Crippen LogP contribution is -2.56. The van der Waals surface area contributed by atoms with Crippen molar-refractivity contribution < 1.29 is 19.4 Å². The number of ether oxygens (including phenoxy) is 1. The zero-order valence-corrected chi connectivity index (χ0v) is 14.5. The molecule has 0 atom stereocenters. The fraction of sp³-hybridized carbons (Fsp3) is 0.500. The molecule has 0 saturated carbocycles. The highest BCUT2D eigenvalue weighted by molar-refractivity contribution is 9.10. The molecule has 1 aromatic rings. The number of amides is 1. The number of hydrogen-bond acceptors (Lipinski definition) is 3. The lowest BCUT2D eigenvalue weighted by molar-refractivity contribution is -0.148. The van der Waals surface area contributed by atoms with E-state index in [9.17, 15) is 9.59 Å². The second kappa shape index (κ2) is 6.28. The monoisotopic (exact) mass is 369 g/mol. The molecule has 1 N–H and O–H groups in total. The Hall–Kier alpha value is -1.56. The van der Waals surface area contributed by atoms with Crippen LogP contribution in [0.25, 0.3) is 0 Å². The average molecular weight is 370 g/mol. The predicted octanol–water partition coefficient (Wildman–Crippen LogP) is 2.81. The Morgan fingerprint density at radius 1 is 1.36 bits per heavy atom. The fourth-order valence-corrected chi connectivity index (χ4v) is 2.69. The molecule has 6 heteroatoms. The molecule has 22 heavy (non-hydrogen) atoms. The van der Waals surface area contributed by atoms with Crippen molar-refractivity contribution in [1.82, 2.24) is 4.90 Å². The molecule has 1 aromatic carbocycles. The molecule has 1 fully saturated rings. The van der Waals surface area contributed by atoms with Crippen LogP contribution in [0.2, 0.25) is 0 Å². The van der Waals surface area contributed by atoms with Crippen molar-refractivity contribution in [2.24, 2.45) is 0 Å². The SMILES string of the molecule is CC(C)(C)c1cc(Br)ccc1OC1CN(C(=O)CC(=O)O)C1. The van der Waals surface area contributed by atoms with Crippen LogP contribution >= 0.6 is 15.9 Å². The number of aliphatic carboxylic acids is 1. The van der Waals surface area contributed by atoms with Gasteiger partial charge in [0.05, 0.1) is 13.1 Å². The molecule has 1 heterocycles. The minimum Gasteiger partial charge on any atom is -0.486 e. The van der Waals surface area contributed by atoms with E-state index in [1.807, 2.05) is 18.2 Å². The second-order valence-corrected chi connectivity index (χ2v) is 7.42. The molecular formula is C16H20BrNO4. The summed E-state index contributed by atoms with van der Waals surface area (Å²) >= 11 is 3.47. The van der Waals surface area contributed by atoms with Crippen LogP contribution in [0.4, 0.5) is 0 Å². The van der Waals surface area contributed by atoms with E-state index in [4.69, 9.17) is 9.84 Å². The molecular weight excluding hydrogens is 350 g/mol. The molecule has 1 saturated heterocycles. The third-order valence-corrected chi connectivity index (χ3v) is 4.04. The van der Waals surface area contributed by atoms with Gasteiger partial charge >= 0.3 is 5.97 Å². The summed E-state index contributed by atoms with van der Waals surface area (Å²) in [5.74, 6) is -0.650. The lowest BCUT2D eigenvalue weighted by atomic mass is 9.86. The van der Waals surface area contributed by atoms with E-state index in [2.05, 4.69) is 36.7 Å². The van der Waals surface area contributed by atoms with E-state index in [0.29, 0.717) is 13.1 Å². The Labute approximate surface area is 138 Å². The Kier molecular flexibility index (Phi) is 4.80. The average Bonchev–Trinajstić information content (AvgIpc) is 2.32. The first-order valence-electron chi connectivity index (χ1n) is 7.13. The van der Waals surface area contributed by atoms with E-state index in [-0.39, 0.29) is 17.4 Å². The summed E-state index contributed by atoms with van der Waals surface area (Å²) in [4.78, 5) is 23.6. The van der Waals surface area contributed by atoms with Crippen molar-refractivity contribution in [1.29, 1.82) is 0 Å². The molecule has 1 aliphatic rings. The molecule has 0 radical (unpaired) electrons. The van der Waals surface area contributed by atoms with Crippen molar-refractivity contribution in [3.8, 4) is 5.75 Å². The second-order valence-electron chi connectivity index (χ2n) is 6.50. The maximum atomic E-state index is 11.6. The molecule has 0 spiro atoms. The summed E-state index contributed by atoms with van der Waals surface area (Å²) < 4.78 is 6.98. The third-order valence-electron chi connectivity index (χ3n) is 3.55. The zero-order valence-electron chi connectivity index (χ0n) is 12.9. The van der Waals surface area contributed by atoms with Gasteiger partial charge in [-0.2, -0.15) is 0 Å². The largest absolute Gasteiger partial charge is 0.486 e. The number of carbonyl (C=O) groups excluding carboxylic acids is 1. The number of carboxylic acid groups (broad SMARTS) is 1. The third kappa shape index (κ3) is 4.00. The smallest absolute Gasteiger partial charge is 0.312 e. The normalized spacial score (nSPS) is 15.4. The first-order chi connectivity index (χ1) is 10.2. The van der Waals surface area contributed by atoms with Crippen molar-refractivity contribution in [2.45, 2.75) is 38.7 Å². The van der Waals surface area contributed by atoms with Crippen LogP contribution in [0.1, 0.15) is 32.8 Å². The minimum absolute atomic E-state index is 0.0539. The van der Waals surface area contributed by atoms with Crippen LogP contribution < -0.4 is 4.74 Å². The Balaban J connectivity index is 2.00. The molecule has 1 amide bonds. The molecule has 0 unspecified atom stereocenters. The summed E-state index contributed by atoms with van der Waals surface area (Å²) in [5.41, 5.74) is 1.04. The quantitative estimate of drug-likeness (QED) is 0.828. The summed E-state index contributed by atoms with van der Waals surface area (Å²) in [6.07, 6.45) is -0.543. The van der Waals surface area contributed by atoms with Crippen LogP contribution in [0.15, 0.2) is 22.7 Å². The Morgan fingerprint density at radius 3 is 2.55 bits per heavy atom. The number of nitrogens with zero attached hydrogens (tertiary/aromatic N) is 1. The van der Waals surface area contributed by atoms with E-state index in [1.54, 1.807) is 0 Å². The number of halogens is 1. The molecule has 5 nitrogen and oxygen atoms in total. The van der Waals surface area contributed by atoms with Gasteiger partial charge in [0.2, 0.25) is 5.91 Å². The Morgan fingerprint density at radius 2 is 2.00 bits per heavy atom. The number of hydrogen-bond donors (Lipinski definition) is 1. The van der Waals surface area contributed by atoms with Crippen molar-refractivity contribution >= 4 is 27.8 Å². The van der Waals surface area contributed by atoms with Crippen molar-refractivity contribution in [2.75, 3.05) is 13.1 Å². The van der Waals surface area contributed by atoms with E-state index < -0.39 is 12.4 Å². The highest BCUT2D eigenvalue weighted by Gasteiger charge is 2.34. The first kappa shape index (κ1) is 16.8. The van der Waals surface area contributed by atoms with Crippen LogP contribution in [0.3, 0.4) is 0 Å². The first-order valence-corrected chi connectivity index (χ1v) is 7.92. The molecule has 0 aliphatic carbocycles. The number of rotatable bonds is 4. The number of carboxylic acids is 1. The van der Waals surface area contributed by atoms with Crippen molar-refractivity contribution in [3.05, 3.63) is 28.2 Å². The minimum atomic E-state index is -1.10. The van der Waals surface area contributed by atoms with E-state index in [1.165, 1.54) is 4.90 Å². The standard InChI is InChI=1S/C16H20BrNO4/c1-16(2,3)12-6-10(17)4-5-13(12)22-11-8-18(9-11)14(19)7-15(20)21/h4-6,11H,7-9H2,1-3H3,(H,20,21). The van der Waals surface area contributed by atoms with Gasteiger partial charge in [0.1, 0.15) is 18.3 Å². The highest BCUT2D eigenvalue weighted by atomic mass is 79.9. The van der Waals surface area contributed by atoms with Gasteiger partial charge in [0.25, 0.3) is 0 Å². The maximum Gasteiger partial charge on any atom is 0.312 e. The molecule has 120 valence electrons. The highest BCUT2D eigenvalue weighted by Crippen LogP contribution is 2.34. The molecule has 0 bridgehead atoms. The molecule has 0 aromatic heterocycles. The van der Waals surface area contributed by atoms with Gasteiger partial charge in [-0.15, -0.1) is 0 Å². The van der Waals surface area contributed by atoms with Crippen LogP contribution in [0, 0.1) is 0 Å². The molecule has 2 rings (SSSR count). The van der Waals surface area contributed by atoms with Gasteiger partial charge in [0.15, 0.2) is 0 Å². The van der Waals surface area contributed by atoms with Gasteiger partial charge in [-0.1, -0.05) is 36.7 Å². The van der Waals surface area contributed by atoms with Crippen LogP contribution in [-0.4, -0.2) is 41.1 Å². The summed E-state index contributed by atoms with van der Waals surface area (Å²) in [6, 6.07) is 5.89. The lowest BCUT2D eigenvalue weighted by Gasteiger charge is -2.39. The van der Waals surface area contributed by atoms with Crippen molar-refractivity contribution in [3.63, 3.8) is 0 Å². The Bertz CT molecular complexity index is 588. The van der Waals surface area contributed by atoms with E-state index >= 15 is 0 Å². The van der Waals surface area contributed by atoms with Gasteiger partial charge < -0.3 is 14.7 Å². The van der Waals surface area contributed by atoms with Gasteiger partial charge in [-0.05, 0) is 23.6 Å². The number of carbonyl (C=O) groups is 2. The van der Waals surface area contributed by atoms with Crippen LogP contribution in [0.5, 0.6) is 5.75 Å². The summed E-state index contributed by atoms with van der Waals surface area (Å²) in [6.45, 7) is 7.22. The maximum absolute atomic E-state index is 11.6. The zero-order chi connectivity index (χ0) is 16.5. The topological polar surface area (TPSA) is 66.8 Å². The van der Waals surface area contributed by atoms with Crippen LogP contribution in [-0.2, 0) is 15.0 Å². The van der Waals surface area contributed by atoms with Gasteiger partial charge in [-0.3, -0.25) is 9.59 Å². The van der Waals surface area contributed by atoms with Gasteiger partial charge in [-0.25, -0.2) is 0 Å². The summed E-state index contributed by atoms with van der Waals surface area (Å²) in [5, 5.41) is 8.62.